The highest BCUT2D eigenvalue weighted by atomic mass is 16.4. The Morgan fingerprint density at radius 3 is 2.26 bits per heavy atom. The van der Waals surface area contributed by atoms with E-state index in [-0.39, 0.29) is 12.8 Å². The minimum absolute atomic E-state index is 0.221. The van der Waals surface area contributed by atoms with Crippen LogP contribution in [0.2, 0.25) is 0 Å². The van der Waals surface area contributed by atoms with Gasteiger partial charge in [-0.1, -0.05) is 44.8 Å². The Morgan fingerprint density at radius 1 is 0.957 bits per heavy atom. The summed E-state index contributed by atoms with van der Waals surface area (Å²) in [5, 5.41) is 37.7. The number of rotatable bonds is 15. The smallest absolute Gasteiger partial charge is 0.303 e. The van der Waals surface area contributed by atoms with Crippen LogP contribution in [-0.4, -0.2) is 44.7 Å². The van der Waals surface area contributed by atoms with Crippen molar-refractivity contribution in [3.8, 4) is 0 Å². The van der Waals surface area contributed by atoms with Gasteiger partial charge in [0.05, 0.1) is 18.3 Å². The van der Waals surface area contributed by atoms with Crippen molar-refractivity contribution in [2.24, 2.45) is 0 Å². The normalized spacial score (nSPS) is 15.7. The van der Waals surface area contributed by atoms with Gasteiger partial charge in [0.2, 0.25) is 0 Å². The fourth-order valence-electron chi connectivity index (χ4n) is 2.47. The zero-order valence-electron chi connectivity index (χ0n) is 14.4. The van der Waals surface area contributed by atoms with Gasteiger partial charge in [-0.25, -0.2) is 0 Å². The molecule has 5 heteroatoms. The molecule has 0 spiro atoms. The SMILES string of the molecule is CCC[C@H](O)C[C@H](O)[C@H](O)CC=CCCCCCCCC(=O)O. The van der Waals surface area contributed by atoms with Gasteiger partial charge in [-0.15, -0.1) is 0 Å². The van der Waals surface area contributed by atoms with Gasteiger partial charge < -0.3 is 20.4 Å². The van der Waals surface area contributed by atoms with E-state index in [4.69, 9.17) is 5.11 Å². The number of aliphatic hydroxyl groups excluding tert-OH is 3. The molecule has 23 heavy (non-hydrogen) atoms. The third-order valence-electron chi connectivity index (χ3n) is 3.89. The summed E-state index contributed by atoms with van der Waals surface area (Å²) in [6.45, 7) is 1.97. The standard InChI is InChI=1S/C18H34O5/c1-2-11-15(19)14-17(21)16(20)12-9-7-5-3-4-6-8-10-13-18(22)23/h7,9,15-17,19-21H,2-6,8,10-14H2,1H3,(H,22,23)/t15-,16+,17-/m0/s1. The zero-order valence-corrected chi connectivity index (χ0v) is 14.4. The molecular weight excluding hydrogens is 296 g/mol. The van der Waals surface area contributed by atoms with Crippen molar-refractivity contribution >= 4 is 5.97 Å². The lowest BCUT2D eigenvalue weighted by Crippen LogP contribution is -2.29. The minimum Gasteiger partial charge on any atom is -0.481 e. The molecule has 0 aromatic heterocycles. The summed E-state index contributed by atoms with van der Waals surface area (Å²) in [5.41, 5.74) is 0. The second-order valence-electron chi connectivity index (χ2n) is 6.22. The van der Waals surface area contributed by atoms with E-state index in [9.17, 15) is 20.1 Å². The van der Waals surface area contributed by atoms with Gasteiger partial charge in [-0.3, -0.25) is 4.79 Å². The van der Waals surface area contributed by atoms with Crippen LogP contribution in [0.5, 0.6) is 0 Å². The molecule has 5 nitrogen and oxygen atoms in total. The van der Waals surface area contributed by atoms with E-state index < -0.39 is 24.3 Å². The fraction of sp³-hybridized carbons (Fsp3) is 0.833. The van der Waals surface area contributed by atoms with Gasteiger partial charge in [-0.05, 0) is 32.1 Å². The first-order chi connectivity index (χ1) is 11.0. The number of aliphatic hydroxyl groups is 3. The second kappa shape index (κ2) is 14.7. The average molecular weight is 330 g/mol. The van der Waals surface area contributed by atoms with Gasteiger partial charge in [0.25, 0.3) is 0 Å². The zero-order chi connectivity index (χ0) is 17.5. The summed E-state index contributed by atoms with van der Waals surface area (Å²) < 4.78 is 0. The molecule has 0 saturated carbocycles. The molecule has 0 heterocycles. The molecule has 3 atom stereocenters. The lowest BCUT2D eigenvalue weighted by Gasteiger charge is -2.19. The van der Waals surface area contributed by atoms with Crippen molar-refractivity contribution < 1.29 is 25.2 Å². The van der Waals surface area contributed by atoms with Crippen molar-refractivity contribution in [2.75, 3.05) is 0 Å². The Morgan fingerprint density at radius 2 is 1.61 bits per heavy atom. The molecule has 0 aliphatic rings. The number of hydrogen-bond acceptors (Lipinski definition) is 4. The number of hydrogen-bond donors (Lipinski definition) is 4. The van der Waals surface area contributed by atoms with Gasteiger partial charge in [0, 0.05) is 12.8 Å². The number of carboxylic acid groups (broad SMARTS) is 1. The van der Waals surface area contributed by atoms with Gasteiger partial charge in [0.15, 0.2) is 0 Å². The first-order valence-electron chi connectivity index (χ1n) is 8.88. The predicted octanol–water partition coefficient (Wildman–Crippen LogP) is 3.02. The van der Waals surface area contributed by atoms with E-state index in [1.807, 2.05) is 19.1 Å². The van der Waals surface area contributed by atoms with Crippen LogP contribution in [-0.2, 0) is 4.79 Å². The highest BCUT2D eigenvalue weighted by Crippen LogP contribution is 2.12. The Balaban J connectivity index is 3.56. The lowest BCUT2D eigenvalue weighted by atomic mass is 10.0. The monoisotopic (exact) mass is 330 g/mol. The summed E-state index contributed by atoms with van der Waals surface area (Å²) in [6, 6.07) is 0. The Labute approximate surface area is 140 Å². The molecule has 0 radical (unpaired) electrons. The Kier molecular flexibility index (Phi) is 14.1. The molecular formula is C18H34O5. The molecule has 136 valence electrons. The van der Waals surface area contributed by atoms with Crippen molar-refractivity contribution in [2.45, 2.75) is 95.9 Å². The van der Waals surface area contributed by atoms with Crippen molar-refractivity contribution in [3.63, 3.8) is 0 Å². The summed E-state index contributed by atoms with van der Waals surface area (Å²) in [4.78, 5) is 10.3. The third kappa shape index (κ3) is 14.4. The van der Waals surface area contributed by atoms with Crippen molar-refractivity contribution in [1.29, 1.82) is 0 Å². The molecule has 0 aromatic carbocycles. The largest absolute Gasteiger partial charge is 0.481 e. The summed E-state index contributed by atoms with van der Waals surface area (Å²) >= 11 is 0. The number of carboxylic acids is 1. The van der Waals surface area contributed by atoms with Crippen LogP contribution in [0.4, 0.5) is 0 Å². The quantitative estimate of drug-likeness (QED) is 0.273. The number of carbonyl (C=O) groups is 1. The van der Waals surface area contributed by atoms with E-state index in [2.05, 4.69) is 0 Å². The van der Waals surface area contributed by atoms with Crippen LogP contribution in [0.1, 0.15) is 77.6 Å². The molecule has 0 bridgehead atoms. The molecule has 0 unspecified atom stereocenters. The molecule has 4 N–H and O–H groups in total. The third-order valence-corrected chi connectivity index (χ3v) is 3.89. The topological polar surface area (TPSA) is 98.0 Å². The fourth-order valence-corrected chi connectivity index (χ4v) is 2.47. The number of unbranched alkanes of at least 4 members (excludes halogenated alkanes) is 5. The van der Waals surface area contributed by atoms with E-state index in [0.29, 0.717) is 12.8 Å². The molecule has 0 rings (SSSR count). The first-order valence-corrected chi connectivity index (χ1v) is 8.88. The van der Waals surface area contributed by atoms with Crippen LogP contribution in [0.25, 0.3) is 0 Å². The second-order valence-corrected chi connectivity index (χ2v) is 6.22. The van der Waals surface area contributed by atoms with Crippen molar-refractivity contribution in [3.05, 3.63) is 12.2 Å². The maximum absolute atomic E-state index is 10.3. The van der Waals surface area contributed by atoms with Crippen LogP contribution in [0.15, 0.2) is 12.2 Å². The number of allylic oxidation sites excluding steroid dienone is 1. The minimum atomic E-state index is -0.879. The van der Waals surface area contributed by atoms with Crippen LogP contribution < -0.4 is 0 Å². The van der Waals surface area contributed by atoms with Gasteiger partial charge in [-0.2, -0.15) is 0 Å². The van der Waals surface area contributed by atoms with Crippen LogP contribution in [0.3, 0.4) is 0 Å². The van der Waals surface area contributed by atoms with E-state index in [0.717, 1.165) is 44.9 Å². The molecule has 0 aromatic rings. The molecule has 0 saturated heterocycles. The summed E-state index contributed by atoms with van der Waals surface area (Å²) in [5.74, 6) is -0.726. The van der Waals surface area contributed by atoms with Crippen molar-refractivity contribution in [1.82, 2.24) is 0 Å². The number of aliphatic carboxylic acids is 1. The summed E-state index contributed by atoms with van der Waals surface area (Å²) in [7, 11) is 0. The first kappa shape index (κ1) is 22.1. The maximum Gasteiger partial charge on any atom is 0.303 e. The maximum atomic E-state index is 10.3. The lowest BCUT2D eigenvalue weighted by molar-refractivity contribution is -0.137. The van der Waals surface area contributed by atoms with Crippen LogP contribution >= 0.6 is 0 Å². The average Bonchev–Trinajstić information content (AvgIpc) is 2.48. The Bertz CT molecular complexity index is 317. The highest BCUT2D eigenvalue weighted by molar-refractivity contribution is 5.66. The van der Waals surface area contributed by atoms with Gasteiger partial charge in [0.1, 0.15) is 0 Å². The van der Waals surface area contributed by atoms with E-state index in [1.165, 1.54) is 0 Å². The van der Waals surface area contributed by atoms with Gasteiger partial charge >= 0.3 is 5.97 Å². The summed E-state index contributed by atoms with van der Waals surface area (Å²) in [6.07, 6.45) is 9.85. The molecule has 0 amide bonds. The predicted molar refractivity (Wildman–Crippen MR) is 91.3 cm³/mol. The van der Waals surface area contributed by atoms with E-state index in [1.54, 1.807) is 0 Å². The molecule has 0 fully saturated rings. The van der Waals surface area contributed by atoms with Crippen LogP contribution in [0, 0.1) is 0 Å². The molecule has 0 aliphatic heterocycles. The van der Waals surface area contributed by atoms with E-state index >= 15 is 0 Å². The highest BCUT2D eigenvalue weighted by Gasteiger charge is 2.18. The Hall–Kier alpha value is -0.910. The molecule has 0 aliphatic carbocycles.